The molecule has 3 nitrogen and oxygen atoms in total. The molecule has 4 aromatic rings. The van der Waals surface area contributed by atoms with Gasteiger partial charge in [0.05, 0.1) is 0 Å². The lowest BCUT2D eigenvalue weighted by atomic mass is 10.1. The lowest BCUT2D eigenvalue weighted by Gasteiger charge is -2.30. The van der Waals surface area contributed by atoms with Crippen LogP contribution in [0.5, 0.6) is 0 Å². The normalized spacial score (nSPS) is 14.5. The molecule has 0 saturated carbocycles. The molecule has 0 spiro atoms. The maximum Gasteiger partial charge on any atom is 0.146 e. The van der Waals surface area contributed by atoms with E-state index in [1.807, 2.05) is 24.3 Å². The smallest absolute Gasteiger partial charge is 0.146 e. The fourth-order valence-corrected chi connectivity index (χ4v) is 4.96. The van der Waals surface area contributed by atoms with Gasteiger partial charge >= 0.3 is 0 Å². The van der Waals surface area contributed by atoms with Crippen LogP contribution in [0.15, 0.2) is 89.9 Å². The number of benzene rings is 3. The molecule has 1 saturated heterocycles. The molecule has 1 aliphatic rings. The van der Waals surface area contributed by atoms with Crippen LogP contribution in [-0.4, -0.2) is 28.8 Å². The van der Waals surface area contributed by atoms with Crippen LogP contribution >= 0.6 is 11.3 Å². The highest BCUT2D eigenvalue weighted by molar-refractivity contribution is 7.19. The summed E-state index contributed by atoms with van der Waals surface area (Å²) in [6.45, 7) is 2.02. The van der Waals surface area contributed by atoms with Gasteiger partial charge in [0, 0.05) is 29.8 Å². The summed E-state index contributed by atoms with van der Waals surface area (Å²) in [5.74, 6) is 0.750. The van der Waals surface area contributed by atoms with E-state index in [4.69, 9.17) is 9.98 Å². The monoisotopic (exact) mass is 441 g/mol. The van der Waals surface area contributed by atoms with Crippen LogP contribution < -0.4 is 0 Å². The predicted octanol–water partition coefficient (Wildman–Crippen LogP) is 7.18. The number of nitrogens with zero attached hydrogens (tertiary/aromatic N) is 3. The fourth-order valence-electron chi connectivity index (χ4n) is 3.99. The number of thiazole rings is 1. The van der Waals surface area contributed by atoms with Crippen molar-refractivity contribution in [2.75, 3.05) is 13.1 Å². The molecular weight excluding hydrogens is 417 g/mol. The number of hydrogen-bond donors (Lipinski definition) is 0. The van der Waals surface area contributed by atoms with Crippen LogP contribution in [0.2, 0.25) is 0 Å². The molecule has 0 amide bonds. The Bertz CT molecular complexity index is 1190. The Balaban J connectivity index is 1.65. The lowest BCUT2D eigenvalue weighted by molar-refractivity contribution is 0.343. The molecule has 2 heterocycles. The number of hydrogen-bond acceptors (Lipinski definition) is 3. The highest BCUT2D eigenvalue weighted by Crippen LogP contribution is 2.40. The molecule has 5 rings (SSSR count). The number of likely N-dealkylation sites (tertiary alicyclic amines) is 1. The second kappa shape index (κ2) is 9.45. The zero-order valence-electron chi connectivity index (χ0n) is 17.7. The Morgan fingerprint density at radius 1 is 0.781 bits per heavy atom. The van der Waals surface area contributed by atoms with Gasteiger partial charge in [-0.05, 0) is 43.5 Å². The largest absolute Gasteiger partial charge is 0.356 e. The van der Waals surface area contributed by atoms with Crippen LogP contribution in [0, 0.1) is 5.82 Å². The average Bonchev–Trinajstić information content (AvgIpc) is 3.28. The van der Waals surface area contributed by atoms with Crippen molar-refractivity contribution in [3.05, 3.63) is 96.3 Å². The lowest BCUT2D eigenvalue weighted by Crippen LogP contribution is -2.36. The van der Waals surface area contributed by atoms with Gasteiger partial charge in [-0.15, -0.1) is 0 Å². The second-order valence-electron chi connectivity index (χ2n) is 7.89. The van der Waals surface area contributed by atoms with Gasteiger partial charge in [-0.2, -0.15) is 0 Å². The summed E-state index contributed by atoms with van der Waals surface area (Å²) in [7, 11) is 0. The van der Waals surface area contributed by atoms with Crippen LogP contribution in [0.3, 0.4) is 0 Å². The maximum absolute atomic E-state index is 13.5. The van der Waals surface area contributed by atoms with Crippen LogP contribution in [0.4, 0.5) is 9.39 Å². The van der Waals surface area contributed by atoms with Gasteiger partial charge in [-0.1, -0.05) is 72.0 Å². The minimum absolute atomic E-state index is 0.247. The zero-order valence-corrected chi connectivity index (χ0v) is 18.6. The van der Waals surface area contributed by atoms with Gasteiger partial charge in [-0.3, -0.25) is 0 Å². The molecule has 0 aliphatic carbocycles. The highest BCUT2D eigenvalue weighted by atomic mass is 32.1. The summed E-state index contributed by atoms with van der Waals surface area (Å²) in [6.07, 6.45) is 3.63. The summed E-state index contributed by atoms with van der Waals surface area (Å²) in [6, 6.07) is 27.1. The van der Waals surface area contributed by atoms with E-state index in [9.17, 15) is 4.39 Å². The minimum atomic E-state index is -0.247. The van der Waals surface area contributed by atoms with Gasteiger partial charge in [0.25, 0.3) is 0 Å². The summed E-state index contributed by atoms with van der Waals surface area (Å²) < 4.78 is 13.5. The maximum atomic E-state index is 13.5. The van der Waals surface area contributed by atoms with E-state index in [1.165, 1.54) is 31.4 Å². The van der Waals surface area contributed by atoms with Crippen molar-refractivity contribution in [3.63, 3.8) is 0 Å². The van der Waals surface area contributed by atoms with Crippen molar-refractivity contribution in [1.29, 1.82) is 0 Å². The molecule has 0 unspecified atom stereocenters. The van der Waals surface area contributed by atoms with E-state index in [1.54, 1.807) is 23.5 Å². The highest BCUT2D eigenvalue weighted by Gasteiger charge is 2.20. The number of aromatic nitrogens is 1. The van der Waals surface area contributed by atoms with Gasteiger partial charge in [0.2, 0.25) is 0 Å². The predicted molar refractivity (Wildman–Crippen MR) is 131 cm³/mol. The number of aliphatic imine (C=N–C) groups is 1. The van der Waals surface area contributed by atoms with Crippen molar-refractivity contribution in [3.8, 4) is 21.8 Å². The van der Waals surface area contributed by atoms with Crippen molar-refractivity contribution >= 4 is 22.2 Å². The third-order valence-electron chi connectivity index (χ3n) is 5.64. The van der Waals surface area contributed by atoms with E-state index in [2.05, 4.69) is 41.3 Å². The molecule has 1 fully saturated rings. The van der Waals surface area contributed by atoms with E-state index >= 15 is 0 Å². The SMILES string of the molecule is Fc1ccc(-c2nc(-c3ccccc3)c(/N=C(\c3ccccc3)N3CCCCC3)s2)cc1. The molecule has 1 aromatic heterocycles. The summed E-state index contributed by atoms with van der Waals surface area (Å²) in [5.41, 5.74) is 3.90. The molecule has 0 atom stereocenters. The van der Waals surface area contributed by atoms with Crippen molar-refractivity contribution in [1.82, 2.24) is 9.88 Å². The van der Waals surface area contributed by atoms with Crippen LogP contribution in [0.25, 0.3) is 21.8 Å². The minimum Gasteiger partial charge on any atom is -0.356 e. The number of amidine groups is 1. The first-order valence-electron chi connectivity index (χ1n) is 11.0. The molecule has 1 aliphatic heterocycles. The van der Waals surface area contributed by atoms with Crippen molar-refractivity contribution < 1.29 is 4.39 Å². The van der Waals surface area contributed by atoms with Crippen LogP contribution in [-0.2, 0) is 0 Å². The molecule has 32 heavy (non-hydrogen) atoms. The third-order valence-corrected chi connectivity index (χ3v) is 6.64. The zero-order chi connectivity index (χ0) is 21.8. The Morgan fingerprint density at radius 2 is 1.44 bits per heavy atom. The summed E-state index contributed by atoms with van der Waals surface area (Å²) in [5, 5.41) is 1.72. The molecule has 5 heteroatoms. The number of rotatable bonds is 4. The topological polar surface area (TPSA) is 28.5 Å². The first kappa shape index (κ1) is 20.6. The number of piperidine rings is 1. The van der Waals surface area contributed by atoms with E-state index in [0.29, 0.717) is 0 Å². The van der Waals surface area contributed by atoms with Gasteiger partial charge in [-0.25, -0.2) is 14.4 Å². The molecule has 0 radical (unpaired) electrons. The average molecular weight is 442 g/mol. The first-order chi connectivity index (χ1) is 15.8. The second-order valence-corrected chi connectivity index (χ2v) is 8.87. The Labute approximate surface area is 191 Å². The van der Waals surface area contributed by atoms with Crippen molar-refractivity contribution in [2.24, 2.45) is 4.99 Å². The molecule has 0 N–H and O–H groups in total. The first-order valence-corrected chi connectivity index (χ1v) is 11.8. The summed E-state index contributed by atoms with van der Waals surface area (Å²) in [4.78, 5) is 12.6. The molecule has 160 valence electrons. The van der Waals surface area contributed by atoms with E-state index in [-0.39, 0.29) is 5.82 Å². The molecule has 0 bridgehead atoms. The van der Waals surface area contributed by atoms with Gasteiger partial charge < -0.3 is 4.90 Å². The standard InChI is InChI=1S/C27H24FN3S/c28-23-16-14-22(15-17-23)26-29-24(20-10-4-1-5-11-20)27(32-26)30-25(21-12-6-2-7-13-21)31-18-8-3-9-19-31/h1-2,4-7,10-17H,3,8-9,18-19H2/b30-25+. The molecule has 3 aromatic carbocycles. The Kier molecular flexibility index (Phi) is 6.08. The number of halogens is 1. The quantitative estimate of drug-likeness (QED) is 0.248. The fraction of sp³-hybridized carbons (Fsp3) is 0.185. The van der Waals surface area contributed by atoms with Gasteiger partial charge in [0.15, 0.2) is 0 Å². The van der Waals surface area contributed by atoms with E-state index < -0.39 is 0 Å². The van der Waals surface area contributed by atoms with Crippen LogP contribution in [0.1, 0.15) is 24.8 Å². The Morgan fingerprint density at radius 3 is 2.12 bits per heavy atom. The van der Waals surface area contributed by atoms with Crippen molar-refractivity contribution in [2.45, 2.75) is 19.3 Å². The summed E-state index contributed by atoms with van der Waals surface area (Å²) >= 11 is 1.55. The van der Waals surface area contributed by atoms with Gasteiger partial charge in [0.1, 0.15) is 27.4 Å². The van der Waals surface area contributed by atoms with E-state index in [0.717, 1.165) is 51.3 Å². The third kappa shape index (κ3) is 4.48. The molecular formula is C27H24FN3S. The Hall–Kier alpha value is -3.31.